The molecule has 190 valence electrons. The summed E-state index contributed by atoms with van der Waals surface area (Å²) in [7, 11) is 0. The van der Waals surface area contributed by atoms with E-state index in [0.717, 1.165) is 24.2 Å². The largest absolute Gasteiger partial charge is 0.489 e. The van der Waals surface area contributed by atoms with E-state index >= 15 is 0 Å². The Morgan fingerprint density at radius 1 is 0.946 bits per heavy atom. The van der Waals surface area contributed by atoms with Crippen molar-refractivity contribution in [1.82, 2.24) is 0 Å². The van der Waals surface area contributed by atoms with E-state index < -0.39 is 18.0 Å². The summed E-state index contributed by atoms with van der Waals surface area (Å²) in [5.74, 6) is -0.482. The molecule has 1 aliphatic heterocycles. The van der Waals surface area contributed by atoms with Crippen molar-refractivity contribution >= 4 is 34.2 Å². The van der Waals surface area contributed by atoms with Gasteiger partial charge in [0.1, 0.15) is 17.9 Å². The Hall–Kier alpha value is -4.30. The molecule has 0 aliphatic carbocycles. The number of esters is 1. The summed E-state index contributed by atoms with van der Waals surface area (Å²) in [6, 6.07) is 24.2. The minimum Gasteiger partial charge on any atom is -0.489 e. The Morgan fingerprint density at radius 2 is 1.65 bits per heavy atom. The van der Waals surface area contributed by atoms with E-state index in [0.29, 0.717) is 35.8 Å². The van der Waals surface area contributed by atoms with Gasteiger partial charge in [-0.25, -0.2) is 4.79 Å². The fourth-order valence-electron chi connectivity index (χ4n) is 4.17. The third-order valence-electron chi connectivity index (χ3n) is 6.17. The molecule has 5 rings (SSSR count). The highest BCUT2D eigenvalue weighted by molar-refractivity contribution is 5.99. The van der Waals surface area contributed by atoms with E-state index in [4.69, 9.17) is 18.6 Å². The van der Waals surface area contributed by atoms with Gasteiger partial charge in [0, 0.05) is 29.9 Å². The van der Waals surface area contributed by atoms with Crippen LogP contribution in [0.25, 0.3) is 11.0 Å². The maximum absolute atomic E-state index is 13.1. The van der Waals surface area contributed by atoms with Gasteiger partial charge in [-0.15, -0.1) is 0 Å². The molecule has 4 aromatic rings. The first-order chi connectivity index (χ1) is 18.1. The molecule has 8 heteroatoms. The lowest BCUT2D eigenvalue weighted by atomic mass is 10.1. The second kappa shape index (κ2) is 11.2. The quantitative estimate of drug-likeness (QED) is 0.339. The number of morpholine rings is 1. The van der Waals surface area contributed by atoms with Gasteiger partial charge < -0.3 is 28.8 Å². The first kappa shape index (κ1) is 24.4. The Balaban J connectivity index is 1.25. The number of anilines is 2. The van der Waals surface area contributed by atoms with Crippen molar-refractivity contribution in [2.45, 2.75) is 19.6 Å². The highest BCUT2D eigenvalue weighted by atomic mass is 16.6. The molecule has 1 N–H and O–H groups in total. The summed E-state index contributed by atoms with van der Waals surface area (Å²) in [5, 5.41) is 3.55. The van der Waals surface area contributed by atoms with Crippen LogP contribution >= 0.6 is 0 Å². The molecule has 1 aromatic heterocycles. The number of nitrogens with zero attached hydrogens (tertiary/aromatic N) is 1. The van der Waals surface area contributed by atoms with Gasteiger partial charge in [-0.3, -0.25) is 4.79 Å². The van der Waals surface area contributed by atoms with Crippen molar-refractivity contribution in [3.63, 3.8) is 0 Å². The van der Waals surface area contributed by atoms with Gasteiger partial charge in [0.2, 0.25) is 5.76 Å². The van der Waals surface area contributed by atoms with Crippen LogP contribution in [-0.4, -0.2) is 44.3 Å². The number of rotatable bonds is 8. The van der Waals surface area contributed by atoms with Crippen LogP contribution in [0.4, 0.5) is 11.4 Å². The summed E-state index contributed by atoms with van der Waals surface area (Å²) in [6.07, 6.45) is -1.04. The zero-order chi connectivity index (χ0) is 25.6. The number of benzene rings is 3. The highest BCUT2D eigenvalue weighted by Crippen LogP contribution is 2.28. The Kier molecular flexibility index (Phi) is 7.37. The fraction of sp³-hybridized carbons (Fsp3) is 0.241. The summed E-state index contributed by atoms with van der Waals surface area (Å²) in [5.41, 5.74) is 2.79. The number of carbonyl (C=O) groups excluding carboxylic acids is 2. The maximum atomic E-state index is 13.1. The third kappa shape index (κ3) is 5.76. The first-order valence-corrected chi connectivity index (χ1v) is 12.2. The zero-order valence-electron chi connectivity index (χ0n) is 20.5. The maximum Gasteiger partial charge on any atom is 0.375 e. The normalized spacial score (nSPS) is 14.2. The summed E-state index contributed by atoms with van der Waals surface area (Å²) in [4.78, 5) is 28.1. The van der Waals surface area contributed by atoms with Gasteiger partial charge in [-0.2, -0.15) is 0 Å². The number of nitrogens with one attached hydrogen (secondary N) is 1. The van der Waals surface area contributed by atoms with E-state index in [2.05, 4.69) is 10.2 Å². The Labute approximate surface area is 214 Å². The second-order valence-electron chi connectivity index (χ2n) is 8.69. The fourth-order valence-corrected chi connectivity index (χ4v) is 4.17. The van der Waals surface area contributed by atoms with Crippen LogP contribution in [0, 0.1) is 0 Å². The van der Waals surface area contributed by atoms with Crippen molar-refractivity contribution in [1.29, 1.82) is 0 Å². The van der Waals surface area contributed by atoms with Crippen LogP contribution < -0.4 is 15.0 Å². The number of ether oxygens (including phenoxy) is 3. The van der Waals surface area contributed by atoms with Crippen LogP contribution in [0.5, 0.6) is 5.75 Å². The molecule has 0 spiro atoms. The Morgan fingerprint density at radius 3 is 2.41 bits per heavy atom. The molecule has 8 nitrogen and oxygen atoms in total. The predicted octanol–water partition coefficient (Wildman–Crippen LogP) is 5.03. The lowest BCUT2D eigenvalue weighted by Gasteiger charge is -2.28. The molecule has 37 heavy (non-hydrogen) atoms. The molecule has 0 bridgehead atoms. The van der Waals surface area contributed by atoms with E-state index in [1.54, 1.807) is 6.07 Å². The molecule has 1 fully saturated rings. The average Bonchev–Trinajstić information content (AvgIpc) is 3.32. The van der Waals surface area contributed by atoms with Crippen molar-refractivity contribution in [3.05, 3.63) is 90.2 Å². The van der Waals surface area contributed by atoms with Gasteiger partial charge in [-0.1, -0.05) is 36.4 Å². The van der Waals surface area contributed by atoms with Crippen molar-refractivity contribution in [2.24, 2.45) is 0 Å². The number of hydrogen-bond donors (Lipinski definition) is 1. The molecule has 1 saturated heterocycles. The number of amides is 1. The van der Waals surface area contributed by atoms with Gasteiger partial charge in [0.25, 0.3) is 5.91 Å². The molecule has 0 saturated carbocycles. The molecule has 0 radical (unpaired) electrons. The minimum absolute atomic E-state index is 0.0200. The predicted molar refractivity (Wildman–Crippen MR) is 140 cm³/mol. The van der Waals surface area contributed by atoms with Crippen LogP contribution in [0.2, 0.25) is 0 Å². The molecule has 1 atom stereocenters. The van der Waals surface area contributed by atoms with Gasteiger partial charge in [-0.05, 0) is 49.4 Å². The van der Waals surface area contributed by atoms with E-state index in [9.17, 15) is 9.59 Å². The number of furan rings is 1. The van der Waals surface area contributed by atoms with Crippen molar-refractivity contribution < 1.29 is 28.2 Å². The van der Waals surface area contributed by atoms with E-state index in [1.165, 1.54) is 6.92 Å². The number of para-hydroxylation sites is 2. The van der Waals surface area contributed by atoms with E-state index in [1.807, 2.05) is 72.8 Å². The lowest BCUT2D eigenvalue weighted by molar-refractivity contribution is -0.123. The summed E-state index contributed by atoms with van der Waals surface area (Å²) in [6.45, 7) is 4.71. The van der Waals surface area contributed by atoms with Gasteiger partial charge in [0.05, 0.1) is 18.8 Å². The monoisotopic (exact) mass is 500 g/mol. The molecule has 2 heterocycles. The standard InChI is InChI=1S/C29H28N2O6/c1-20(28(32)30-21-11-13-22(14-12-21)31-15-17-34-18-16-31)36-29(33)27-25(19-35-23-7-3-2-4-8-23)24-9-5-6-10-26(24)37-27/h2-14,20H,15-19H2,1H3,(H,30,32)/t20-/m1/s1. The summed E-state index contributed by atoms with van der Waals surface area (Å²) < 4.78 is 22.6. The van der Waals surface area contributed by atoms with Gasteiger partial charge >= 0.3 is 5.97 Å². The van der Waals surface area contributed by atoms with Gasteiger partial charge in [0.15, 0.2) is 6.10 Å². The van der Waals surface area contributed by atoms with Crippen LogP contribution in [0.15, 0.2) is 83.3 Å². The number of fused-ring (bicyclic) bond motifs is 1. The van der Waals surface area contributed by atoms with Crippen LogP contribution in [-0.2, 0) is 20.9 Å². The molecular formula is C29H28N2O6. The molecular weight excluding hydrogens is 472 g/mol. The summed E-state index contributed by atoms with van der Waals surface area (Å²) >= 11 is 0. The first-order valence-electron chi connectivity index (χ1n) is 12.2. The third-order valence-corrected chi connectivity index (χ3v) is 6.17. The lowest BCUT2D eigenvalue weighted by Crippen LogP contribution is -2.36. The Bertz CT molecular complexity index is 1360. The molecule has 1 amide bonds. The number of hydrogen-bond acceptors (Lipinski definition) is 7. The molecule has 0 unspecified atom stereocenters. The number of carbonyl (C=O) groups is 2. The molecule has 1 aliphatic rings. The topological polar surface area (TPSA) is 90.2 Å². The van der Waals surface area contributed by atoms with Crippen molar-refractivity contribution in [3.8, 4) is 5.75 Å². The smallest absolute Gasteiger partial charge is 0.375 e. The molecule has 3 aromatic carbocycles. The SMILES string of the molecule is C[C@@H](OC(=O)c1oc2ccccc2c1COc1ccccc1)C(=O)Nc1ccc(N2CCOCC2)cc1. The highest BCUT2D eigenvalue weighted by Gasteiger charge is 2.26. The average molecular weight is 501 g/mol. The minimum atomic E-state index is -1.04. The van der Waals surface area contributed by atoms with Crippen LogP contribution in [0.3, 0.4) is 0 Å². The zero-order valence-corrected chi connectivity index (χ0v) is 20.5. The second-order valence-corrected chi connectivity index (χ2v) is 8.69. The van der Waals surface area contributed by atoms with Crippen LogP contribution in [0.1, 0.15) is 23.0 Å². The van der Waals surface area contributed by atoms with E-state index in [-0.39, 0.29) is 12.4 Å². The van der Waals surface area contributed by atoms with Crippen molar-refractivity contribution in [2.75, 3.05) is 36.5 Å².